The van der Waals surface area contributed by atoms with Crippen LogP contribution < -0.4 is 0 Å². The van der Waals surface area contributed by atoms with Crippen molar-refractivity contribution in [3.63, 3.8) is 0 Å². The SMILES string of the molecule is [B]Cc1nc(C(=O)OCC)c(Br)s1. The van der Waals surface area contributed by atoms with Crippen LogP contribution in [0.3, 0.4) is 0 Å². The van der Waals surface area contributed by atoms with Gasteiger partial charge in [-0.2, -0.15) is 0 Å². The molecule has 0 aliphatic heterocycles. The molecule has 68 valence electrons. The first-order chi connectivity index (χ1) is 6.19. The Bertz CT molecular complexity index is 315. The van der Waals surface area contributed by atoms with Crippen molar-refractivity contribution >= 4 is 41.1 Å². The molecule has 0 saturated heterocycles. The number of thiazole rings is 1. The number of carbonyl (C=O) groups is 1. The van der Waals surface area contributed by atoms with Crippen molar-refractivity contribution in [1.29, 1.82) is 0 Å². The van der Waals surface area contributed by atoms with Gasteiger partial charge >= 0.3 is 5.97 Å². The molecule has 0 aromatic carbocycles. The van der Waals surface area contributed by atoms with Crippen LogP contribution in [-0.2, 0) is 11.1 Å². The van der Waals surface area contributed by atoms with Gasteiger partial charge in [0.2, 0.25) is 0 Å². The Labute approximate surface area is 90.0 Å². The Hall–Kier alpha value is -0.355. The van der Waals surface area contributed by atoms with E-state index in [1.54, 1.807) is 6.92 Å². The van der Waals surface area contributed by atoms with E-state index in [2.05, 4.69) is 20.9 Å². The van der Waals surface area contributed by atoms with Gasteiger partial charge in [0.1, 0.15) is 3.79 Å². The molecule has 3 nitrogen and oxygen atoms in total. The molecular formula is C7H7BBrNO2S. The normalized spacial score (nSPS) is 10.0. The van der Waals surface area contributed by atoms with Gasteiger partial charge in [0.15, 0.2) is 5.69 Å². The third kappa shape index (κ3) is 2.54. The standard InChI is InChI=1S/C7H7BBrNO2S/c1-2-12-7(11)5-6(9)13-4(3-8)10-5/h2-3H2,1H3. The largest absolute Gasteiger partial charge is 0.461 e. The molecule has 1 heterocycles. The van der Waals surface area contributed by atoms with E-state index in [0.717, 1.165) is 5.01 Å². The Balaban J connectivity index is 2.87. The topological polar surface area (TPSA) is 39.2 Å². The summed E-state index contributed by atoms with van der Waals surface area (Å²) in [5.74, 6) is -0.412. The van der Waals surface area contributed by atoms with Crippen LogP contribution in [0.5, 0.6) is 0 Å². The Morgan fingerprint density at radius 1 is 1.77 bits per heavy atom. The lowest BCUT2D eigenvalue weighted by Crippen LogP contribution is -2.05. The summed E-state index contributed by atoms with van der Waals surface area (Å²) in [4.78, 5) is 15.3. The zero-order valence-electron chi connectivity index (χ0n) is 7.04. The van der Waals surface area contributed by atoms with Crippen molar-refractivity contribution in [1.82, 2.24) is 4.98 Å². The predicted octanol–water partition coefficient (Wildman–Crippen LogP) is 1.75. The van der Waals surface area contributed by atoms with Crippen LogP contribution in [-0.4, -0.2) is 25.4 Å². The number of ether oxygens (including phenoxy) is 1. The highest BCUT2D eigenvalue weighted by Gasteiger charge is 2.16. The molecule has 0 atom stereocenters. The highest BCUT2D eigenvalue weighted by Crippen LogP contribution is 2.25. The summed E-state index contributed by atoms with van der Waals surface area (Å²) in [6.45, 7) is 2.10. The molecular weight excluding hydrogens is 253 g/mol. The van der Waals surface area contributed by atoms with Crippen LogP contribution >= 0.6 is 27.3 Å². The highest BCUT2D eigenvalue weighted by atomic mass is 79.9. The third-order valence-electron chi connectivity index (χ3n) is 1.27. The summed E-state index contributed by atoms with van der Waals surface area (Å²) < 4.78 is 5.47. The molecule has 0 amide bonds. The molecule has 0 fully saturated rings. The third-order valence-corrected chi connectivity index (χ3v) is 3.00. The smallest absolute Gasteiger partial charge is 0.359 e. The van der Waals surface area contributed by atoms with Crippen molar-refractivity contribution in [3.8, 4) is 0 Å². The number of esters is 1. The van der Waals surface area contributed by atoms with E-state index in [4.69, 9.17) is 12.6 Å². The minimum Gasteiger partial charge on any atom is -0.461 e. The Morgan fingerprint density at radius 3 is 2.92 bits per heavy atom. The van der Waals surface area contributed by atoms with Crippen molar-refractivity contribution < 1.29 is 9.53 Å². The maximum atomic E-state index is 11.2. The molecule has 2 radical (unpaired) electrons. The van der Waals surface area contributed by atoms with Gasteiger partial charge < -0.3 is 4.74 Å². The van der Waals surface area contributed by atoms with Gasteiger partial charge in [-0.25, -0.2) is 9.78 Å². The lowest BCUT2D eigenvalue weighted by molar-refractivity contribution is 0.0519. The lowest BCUT2D eigenvalue weighted by atomic mass is 10.1. The molecule has 0 aliphatic rings. The molecule has 0 unspecified atom stereocenters. The molecule has 13 heavy (non-hydrogen) atoms. The van der Waals surface area contributed by atoms with Gasteiger partial charge in [0.25, 0.3) is 0 Å². The van der Waals surface area contributed by atoms with Crippen LogP contribution in [0.25, 0.3) is 0 Å². The van der Waals surface area contributed by atoms with E-state index in [1.165, 1.54) is 11.3 Å². The molecule has 0 bridgehead atoms. The summed E-state index contributed by atoms with van der Waals surface area (Å²) in [7, 11) is 5.38. The van der Waals surface area contributed by atoms with Crippen LogP contribution in [0.4, 0.5) is 0 Å². The second-order valence-electron chi connectivity index (χ2n) is 2.15. The fourth-order valence-electron chi connectivity index (χ4n) is 0.756. The number of nitrogens with zero attached hydrogens (tertiary/aromatic N) is 1. The molecule has 1 aromatic rings. The van der Waals surface area contributed by atoms with E-state index in [1.807, 2.05) is 0 Å². The lowest BCUT2D eigenvalue weighted by Gasteiger charge is -1.96. The molecule has 1 rings (SSSR count). The fraction of sp³-hybridized carbons (Fsp3) is 0.429. The zero-order valence-corrected chi connectivity index (χ0v) is 9.44. The number of aromatic nitrogens is 1. The predicted molar refractivity (Wildman–Crippen MR) is 55.2 cm³/mol. The van der Waals surface area contributed by atoms with Crippen molar-refractivity contribution in [2.75, 3.05) is 6.61 Å². The summed E-state index contributed by atoms with van der Waals surface area (Å²) in [5.41, 5.74) is 0.312. The summed E-state index contributed by atoms with van der Waals surface area (Å²) in [6, 6.07) is 0. The van der Waals surface area contributed by atoms with E-state index in [-0.39, 0.29) is 0 Å². The fourth-order valence-corrected chi connectivity index (χ4v) is 2.22. The quantitative estimate of drug-likeness (QED) is 0.613. The first kappa shape index (κ1) is 10.7. The maximum Gasteiger partial charge on any atom is 0.359 e. The second-order valence-corrected chi connectivity index (χ2v) is 4.56. The highest BCUT2D eigenvalue weighted by molar-refractivity contribution is 9.11. The molecule has 1 aromatic heterocycles. The Kier molecular flexibility index (Phi) is 3.93. The van der Waals surface area contributed by atoms with Crippen LogP contribution in [0.2, 0.25) is 0 Å². The second kappa shape index (κ2) is 4.76. The number of hydrogen-bond donors (Lipinski definition) is 0. The molecule has 0 aliphatic carbocycles. The van der Waals surface area contributed by atoms with E-state index in [9.17, 15) is 4.79 Å². The van der Waals surface area contributed by atoms with Crippen molar-refractivity contribution in [3.05, 3.63) is 14.5 Å². The zero-order chi connectivity index (χ0) is 9.84. The Morgan fingerprint density at radius 2 is 2.46 bits per heavy atom. The van der Waals surface area contributed by atoms with Crippen molar-refractivity contribution in [2.45, 2.75) is 13.2 Å². The minimum absolute atomic E-state index is 0.312. The first-order valence-electron chi connectivity index (χ1n) is 3.71. The van der Waals surface area contributed by atoms with Gasteiger partial charge in [-0.3, -0.25) is 0 Å². The number of halogens is 1. The summed E-state index contributed by atoms with van der Waals surface area (Å²) in [6.07, 6.45) is 0.336. The van der Waals surface area contributed by atoms with Crippen molar-refractivity contribution in [2.24, 2.45) is 0 Å². The molecule has 0 saturated carbocycles. The van der Waals surface area contributed by atoms with E-state index >= 15 is 0 Å². The molecule has 6 heteroatoms. The van der Waals surface area contributed by atoms with Gasteiger partial charge in [0, 0.05) is 0 Å². The minimum atomic E-state index is -0.412. The first-order valence-corrected chi connectivity index (χ1v) is 5.32. The van der Waals surface area contributed by atoms with Crippen LogP contribution in [0.15, 0.2) is 3.79 Å². The number of carbonyl (C=O) groups excluding carboxylic acids is 1. The monoisotopic (exact) mass is 259 g/mol. The number of rotatable bonds is 3. The van der Waals surface area contributed by atoms with E-state index < -0.39 is 5.97 Å². The van der Waals surface area contributed by atoms with Gasteiger partial charge in [-0.1, -0.05) is 0 Å². The summed E-state index contributed by atoms with van der Waals surface area (Å²) in [5, 5.41) is 0.718. The van der Waals surface area contributed by atoms with Gasteiger partial charge in [-0.15, -0.1) is 11.3 Å². The molecule has 0 N–H and O–H groups in total. The van der Waals surface area contributed by atoms with Crippen LogP contribution in [0.1, 0.15) is 22.4 Å². The van der Waals surface area contributed by atoms with E-state index in [0.29, 0.717) is 22.4 Å². The van der Waals surface area contributed by atoms with Crippen LogP contribution in [0, 0.1) is 0 Å². The average Bonchev–Trinajstić information content (AvgIpc) is 2.47. The molecule has 0 spiro atoms. The van der Waals surface area contributed by atoms with Gasteiger partial charge in [-0.05, 0) is 29.2 Å². The summed E-state index contributed by atoms with van der Waals surface area (Å²) >= 11 is 4.58. The maximum absolute atomic E-state index is 11.2. The average molecular weight is 260 g/mol. The number of hydrogen-bond acceptors (Lipinski definition) is 4. The van der Waals surface area contributed by atoms with Gasteiger partial charge in [0.05, 0.1) is 19.5 Å².